The van der Waals surface area contributed by atoms with Crippen LogP contribution in [0, 0.1) is 5.41 Å². The molecule has 0 heterocycles. The molecule has 0 aliphatic carbocycles. The molecule has 0 bridgehead atoms. The lowest BCUT2D eigenvalue weighted by atomic mass is 10.2. The zero-order valence-electron chi connectivity index (χ0n) is 9.51. The topological polar surface area (TPSA) is 53.0 Å². The number of rotatable bonds is 6. The molecule has 15 heavy (non-hydrogen) atoms. The maximum Gasteiger partial charge on any atom is 0.225 e. The van der Waals surface area contributed by atoms with E-state index in [1.165, 1.54) is 11.8 Å². The molecule has 0 aromatic carbocycles. The molecule has 0 fully saturated rings. The number of allylic oxidation sites excluding steroid dienone is 1. The number of hydrogen-bond donors (Lipinski definition) is 2. The molecule has 0 aromatic heterocycles. The van der Waals surface area contributed by atoms with Crippen LogP contribution in [0.3, 0.4) is 0 Å². The van der Waals surface area contributed by atoms with Crippen molar-refractivity contribution in [2.75, 3.05) is 0 Å². The Kier molecular flexibility index (Phi) is 9.27. The highest BCUT2D eigenvalue weighted by molar-refractivity contribution is 8.16. The van der Waals surface area contributed by atoms with E-state index in [2.05, 4.69) is 12.2 Å². The van der Waals surface area contributed by atoms with Gasteiger partial charge in [0.15, 0.2) is 5.17 Å². The minimum Gasteiger partial charge on any atom is -0.305 e. The molecule has 0 aliphatic rings. The molecular weight excluding hydrogens is 208 g/mol. The van der Waals surface area contributed by atoms with Gasteiger partial charge in [0, 0.05) is 6.42 Å². The molecule has 0 spiro atoms. The second kappa shape index (κ2) is 9.77. The van der Waals surface area contributed by atoms with Gasteiger partial charge in [0.25, 0.3) is 0 Å². The summed E-state index contributed by atoms with van der Waals surface area (Å²) in [5, 5.41) is 12.0. The minimum atomic E-state index is -0.0501. The van der Waals surface area contributed by atoms with Gasteiger partial charge in [0.2, 0.25) is 5.91 Å². The molecule has 0 aromatic rings. The fourth-order valence-electron chi connectivity index (χ4n) is 0.967. The summed E-state index contributed by atoms with van der Waals surface area (Å²) < 4.78 is 0. The Morgan fingerprint density at radius 1 is 1.40 bits per heavy atom. The van der Waals surface area contributed by atoms with Crippen LogP contribution in [0.15, 0.2) is 11.5 Å². The van der Waals surface area contributed by atoms with Crippen LogP contribution >= 0.6 is 11.8 Å². The number of amidine groups is 1. The van der Waals surface area contributed by atoms with E-state index in [1.807, 2.05) is 18.4 Å². The monoisotopic (exact) mass is 228 g/mol. The Labute approximate surface area is 96.2 Å². The first-order chi connectivity index (χ1) is 7.20. The molecule has 0 radical (unpaired) electrons. The fraction of sp³-hybridized carbons (Fsp3) is 0.636. The van der Waals surface area contributed by atoms with Gasteiger partial charge in [0.05, 0.1) is 0 Å². The summed E-state index contributed by atoms with van der Waals surface area (Å²) in [6.45, 7) is 4.13. The van der Waals surface area contributed by atoms with E-state index < -0.39 is 0 Å². The summed E-state index contributed by atoms with van der Waals surface area (Å²) >= 11 is 1.24. The van der Waals surface area contributed by atoms with Crippen LogP contribution in [0.2, 0.25) is 0 Å². The number of carbonyl (C=O) groups excluding carboxylic acids is 1. The third-order valence-electron chi connectivity index (χ3n) is 1.78. The summed E-state index contributed by atoms with van der Waals surface area (Å²) in [5.41, 5.74) is 0. The maximum atomic E-state index is 11.3. The second-order valence-electron chi connectivity index (χ2n) is 3.23. The van der Waals surface area contributed by atoms with E-state index in [-0.39, 0.29) is 11.1 Å². The van der Waals surface area contributed by atoms with Gasteiger partial charge in [-0.15, -0.1) is 0 Å². The van der Waals surface area contributed by atoms with Crippen LogP contribution in [-0.4, -0.2) is 11.1 Å². The smallest absolute Gasteiger partial charge is 0.225 e. The Bertz CT molecular complexity index is 227. The van der Waals surface area contributed by atoms with Crippen molar-refractivity contribution in [2.45, 2.75) is 46.0 Å². The zero-order valence-corrected chi connectivity index (χ0v) is 10.3. The Morgan fingerprint density at radius 3 is 2.73 bits per heavy atom. The summed E-state index contributed by atoms with van der Waals surface area (Å²) in [4.78, 5) is 11.3. The van der Waals surface area contributed by atoms with Crippen molar-refractivity contribution >= 4 is 22.8 Å². The molecule has 0 aliphatic heterocycles. The van der Waals surface area contributed by atoms with Crippen LogP contribution in [0.1, 0.15) is 46.0 Å². The summed E-state index contributed by atoms with van der Waals surface area (Å²) in [6.07, 6.45) is 6.52. The number of hydrogen-bond acceptors (Lipinski definition) is 3. The number of nitrogens with one attached hydrogen (secondary N) is 2. The van der Waals surface area contributed by atoms with E-state index in [0.29, 0.717) is 6.42 Å². The van der Waals surface area contributed by atoms with Gasteiger partial charge in [-0.25, -0.2) is 0 Å². The average molecular weight is 228 g/mol. The van der Waals surface area contributed by atoms with Crippen molar-refractivity contribution in [3.05, 3.63) is 11.5 Å². The normalized spacial score (nSPS) is 10.5. The van der Waals surface area contributed by atoms with Gasteiger partial charge in [-0.3, -0.25) is 10.2 Å². The van der Waals surface area contributed by atoms with Crippen molar-refractivity contribution in [2.24, 2.45) is 0 Å². The SMILES string of the molecule is CC/C=C/SC(=N)NC(=O)CCCCC. The highest BCUT2D eigenvalue weighted by Gasteiger charge is 2.02. The van der Waals surface area contributed by atoms with Gasteiger partial charge < -0.3 is 5.32 Å². The van der Waals surface area contributed by atoms with Gasteiger partial charge in [0.1, 0.15) is 0 Å². The van der Waals surface area contributed by atoms with Crippen LogP contribution in [-0.2, 0) is 4.79 Å². The number of amides is 1. The highest BCUT2D eigenvalue weighted by atomic mass is 32.2. The molecule has 0 saturated carbocycles. The van der Waals surface area contributed by atoms with Crippen molar-refractivity contribution in [1.82, 2.24) is 5.32 Å². The molecule has 2 N–H and O–H groups in total. The average Bonchev–Trinajstić information content (AvgIpc) is 2.18. The first-order valence-corrected chi connectivity index (χ1v) is 6.28. The largest absolute Gasteiger partial charge is 0.305 e. The summed E-state index contributed by atoms with van der Waals surface area (Å²) in [6, 6.07) is 0. The zero-order chi connectivity index (χ0) is 11.5. The lowest BCUT2D eigenvalue weighted by Crippen LogP contribution is -2.26. The predicted molar refractivity (Wildman–Crippen MR) is 67.0 cm³/mol. The van der Waals surface area contributed by atoms with Gasteiger partial charge >= 0.3 is 0 Å². The van der Waals surface area contributed by atoms with E-state index in [4.69, 9.17) is 5.41 Å². The molecule has 0 atom stereocenters. The molecular formula is C11H20N2OS. The molecule has 1 amide bonds. The van der Waals surface area contributed by atoms with Gasteiger partial charge in [-0.1, -0.05) is 44.5 Å². The molecule has 0 rings (SSSR count). The Hall–Kier alpha value is -0.770. The van der Waals surface area contributed by atoms with Gasteiger partial charge in [-0.05, 0) is 18.2 Å². The summed E-state index contributed by atoms with van der Waals surface area (Å²) in [5.74, 6) is -0.0501. The molecule has 3 nitrogen and oxygen atoms in total. The minimum absolute atomic E-state index is 0.0501. The third kappa shape index (κ3) is 9.53. The van der Waals surface area contributed by atoms with Crippen LogP contribution < -0.4 is 5.32 Å². The van der Waals surface area contributed by atoms with Crippen LogP contribution in [0.25, 0.3) is 0 Å². The van der Waals surface area contributed by atoms with Crippen molar-refractivity contribution in [3.8, 4) is 0 Å². The van der Waals surface area contributed by atoms with Crippen molar-refractivity contribution in [3.63, 3.8) is 0 Å². The Balaban J connectivity index is 3.58. The first-order valence-electron chi connectivity index (χ1n) is 5.40. The first kappa shape index (κ1) is 14.2. The van der Waals surface area contributed by atoms with Gasteiger partial charge in [-0.2, -0.15) is 0 Å². The third-order valence-corrected chi connectivity index (χ3v) is 2.44. The lowest BCUT2D eigenvalue weighted by Gasteiger charge is -2.03. The molecule has 0 unspecified atom stereocenters. The molecule has 0 saturated heterocycles. The van der Waals surface area contributed by atoms with E-state index in [9.17, 15) is 4.79 Å². The van der Waals surface area contributed by atoms with Crippen molar-refractivity contribution in [1.29, 1.82) is 5.41 Å². The molecule has 86 valence electrons. The van der Waals surface area contributed by atoms with E-state index in [1.54, 1.807) is 0 Å². The number of thioether (sulfide) groups is 1. The lowest BCUT2D eigenvalue weighted by molar-refractivity contribution is -0.119. The number of unbranched alkanes of at least 4 members (excludes halogenated alkanes) is 2. The number of carbonyl (C=O) groups is 1. The fourth-order valence-corrected chi connectivity index (χ4v) is 1.56. The quantitative estimate of drug-likeness (QED) is 0.416. The van der Waals surface area contributed by atoms with E-state index >= 15 is 0 Å². The maximum absolute atomic E-state index is 11.3. The second-order valence-corrected chi connectivity index (χ2v) is 4.15. The summed E-state index contributed by atoms with van der Waals surface area (Å²) in [7, 11) is 0. The van der Waals surface area contributed by atoms with Crippen molar-refractivity contribution < 1.29 is 4.79 Å². The molecule has 4 heteroatoms. The van der Waals surface area contributed by atoms with E-state index in [0.717, 1.165) is 25.7 Å². The highest BCUT2D eigenvalue weighted by Crippen LogP contribution is 2.04. The standard InChI is InChI=1S/C11H20N2OS/c1-3-5-7-8-10(14)13-11(12)15-9-6-4-2/h6,9H,3-5,7-8H2,1-2H3,(H2,12,13,14)/b9-6+. The predicted octanol–water partition coefficient (Wildman–Crippen LogP) is 3.27. The van der Waals surface area contributed by atoms with Crippen LogP contribution in [0.5, 0.6) is 0 Å². The Morgan fingerprint density at radius 2 is 2.13 bits per heavy atom. The van der Waals surface area contributed by atoms with Crippen LogP contribution in [0.4, 0.5) is 0 Å².